The number of unbranched alkanes of at least 4 members (excludes halogenated alkanes) is 6. The molecule has 0 spiro atoms. The molecule has 2 unspecified atom stereocenters. The number of carbonyl (C=O) groups is 1. The molecule has 0 bridgehead atoms. The van der Waals surface area contributed by atoms with Crippen LogP contribution in [0.15, 0.2) is 0 Å². The molecule has 6 nitrogen and oxygen atoms in total. The molecule has 0 heterocycles. The predicted octanol–water partition coefficient (Wildman–Crippen LogP) is 3.32. The van der Waals surface area contributed by atoms with Crippen LogP contribution in [0.4, 0.5) is 4.79 Å². The van der Waals surface area contributed by atoms with E-state index in [4.69, 9.17) is 0 Å². The first kappa shape index (κ1) is 25.1. The lowest BCUT2D eigenvalue weighted by Crippen LogP contribution is -2.44. The fourth-order valence-corrected chi connectivity index (χ4v) is 2.75. The SMILES string of the molecule is CCCCCCNC(=O)NCCCC(C)CNC(O)NCCCCCC. The second-order valence-corrected chi connectivity index (χ2v) is 7.32. The lowest BCUT2D eigenvalue weighted by atomic mass is 10.1. The van der Waals surface area contributed by atoms with Crippen molar-refractivity contribution in [1.29, 1.82) is 0 Å². The van der Waals surface area contributed by atoms with Crippen LogP contribution >= 0.6 is 0 Å². The zero-order valence-corrected chi connectivity index (χ0v) is 17.4. The monoisotopic (exact) mass is 372 g/mol. The van der Waals surface area contributed by atoms with E-state index in [0.717, 1.165) is 45.3 Å². The lowest BCUT2D eigenvalue weighted by molar-refractivity contribution is 0.0964. The van der Waals surface area contributed by atoms with Crippen LogP contribution in [0.3, 0.4) is 0 Å². The molecule has 0 fully saturated rings. The van der Waals surface area contributed by atoms with E-state index >= 15 is 0 Å². The van der Waals surface area contributed by atoms with E-state index in [1.54, 1.807) is 0 Å². The summed E-state index contributed by atoms with van der Waals surface area (Å²) in [6.07, 6.45) is 10.8. The number of hydrogen-bond acceptors (Lipinski definition) is 4. The Morgan fingerprint density at radius 2 is 1.38 bits per heavy atom. The Bertz CT molecular complexity index is 316. The molecule has 0 rings (SSSR count). The van der Waals surface area contributed by atoms with Crippen LogP contribution in [0.5, 0.6) is 0 Å². The third-order valence-corrected chi connectivity index (χ3v) is 4.50. The number of carbonyl (C=O) groups excluding carboxylic acids is 1. The van der Waals surface area contributed by atoms with Crippen molar-refractivity contribution >= 4 is 6.03 Å². The van der Waals surface area contributed by atoms with E-state index in [9.17, 15) is 9.90 Å². The van der Waals surface area contributed by atoms with Crippen molar-refractivity contribution in [1.82, 2.24) is 21.3 Å². The highest BCUT2D eigenvalue weighted by Crippen LogP contribution is 2.03. The molecule has 5 N–H and O–H groups in total. The standard InChI is InChI=1S/C20H44N4O2/c1-4-6-8-10-14-21-19(25)23-16-12-13-18(3)17-24-20(26)22-15-11-9-7-5-2/h18,20,22,24,26H,4-17H2,1-3H3,(H2,21,23,25). The van der Waals surface area contributed by atoms with E-state index in [0.29, 0.717) is 12.5 Å². The van der Waals surface area contributed by atoms with Gasteiger partial charge in [0.05, 0.1) is 0 Å². The molecule has 0 saturated heterocycles. The van der Waals surface area contributed by atoms with Gasteiger partial charge in [-0.1, -0.05) is 59.3 Å². The molecule has 6 heteroatoms. The quantitative estimate of drug-likeness (QED) is 0.189. The number of hydrogen-bond donors (Lipinski definition) is 5. The van der Waals surface area contributed by atoms with Crippen LogP contribution in [0, 0.1) is 5.92 Å². The van der Waals surface area contributed by atoms with Gasteiger partial charge in [0.25, 0.3) is 0 Å². The summed E-state index contributed by atoms with van der Waals surface area (Å²) in [5.41, 5.74) is 0. The zero-order valence-electron chi connectivity index (χ0n) is 17.4. The van der Waals surface area contributed by atoms with Gasteiger partial charge in [0.2, 0.25) is 0 Å². The maximum absolute atomic E-state index is 11.6. The first-order valence-electron chi connectivity index (χ1n) is 10.8. The Kier molecular flexibility index (Phi) is 18.3. The van der Waals surface area contributed by atoms with Crippen molar-refractivity contribution < 1.29 is 9.90 Å². The average molecular weight is 373 g/mol. The summed E-state index contributed by atoms with van der Waals surface area (Å²) in [4.78, 5) is 11.6. The van der Waals surface area contributed by atoms with Crippen LogP contribution in [-0.4, -0.2) is 43.7 Å². The number of aliphatic hydroxyl groups excluding tert-OH is 1. The second-order valence-electron chi connectivity index (χ2n) is 7.32. The third kappa shape index (κ3) is 18.0. The minimum atomic E-state index is -0.629. The van der Waals surface area contributed by atoms with Crippen molar-refractivity contribution in [2.24, 2.45) is 5.92 Å². The van der Waals surface area contributed by atoms with E-state index in [1.807, 2.05) is 0 Å². The smallest absolute Gasteiger partial charge is 0.314 e. The molecule has 0 aliphatic carbocycles. The number of amides is 2. The van der Waals surface area contributed by atoms with Gasteiger partial charge >= 0.3 is 6.03 Å². The van der Waals surface area contributed by atoms with Crippen LogP contribution in [0.25, 0.3) is 0 Å². The molecule has 0 aromatic heterocycles. The molecular weight excluding hydrogens is 328 g/mol. The Morgan fingerprint density at radius 3 is 2.00 bits per heavy atom. The van der Waals surface area contributed by atoms with E-state index in [2.05, 4.69) is 42.0 Å². The van der Waals surface area contributed by atoms with Crippen molar-refractivity contribution in [2.45, 2.75) is 91.3 Å². The van der Waals surface area contributed by atoms with E-state index in [-0.39, 0.29) is 6.03 Å². The van der Waals surface area contributed by atoms with Crippen molar-refractivity contribution in [3.05, 3.63) is 0 Å². The summed E-state index contributed by atoms with van der Waals surface area (Å²) < 4.78 is 0. The largest absolute Gasteiger partial charge is 0.365 e. The molecule has 0 aliphatic rings. The first-order chi connectivity index (χ1) is 12.6. The summed E-state index contributed by atoms with van der Waals surface area (Å²) in [5, 5.41) is 21.9. The summed E-state index contributed by atoms with van der Waals surface area (Å²) in [5.74, 6) is 0.463. The fourth-order valence-electron chi connectivity index (χ4n) is 2.75. The average Bonchev–Trinajstić information content (AvgIpc) is 2.63. The molecule has 0 aromatic carbocycles. The minimum Gasteiger partial charge on any atom is -0.365 e. The van der Waals surface area contributed by atoms with Gasteiger partial charge in [0, 0.05) is 19.6 Å². The Balaban J connectivity index is 3.44. The summed E-state index contributed by atoms with van der Waals surface area (Å²) in [6, 6.07) is -0.0602. The molecule has 26 heavy (non-hydrogen) atoms. The summed E-state index contributed by atoms with van der Waals surface area (Å²) >= 11 is 0. The van der Waals surface area contributed by atoms with Crippen LogP contribution in [0.2, 0.25) is 0 Å². The van der Waals surface area contributed by atoms with Crippen LogP contribution in [-0.2, 0) is 0 Å². The maximum atomic E-state index is 11.6. The van der Waals surface area contributed by atoms with E-state index < -0.39 is 6.35 Å². The maximum Gasteiger partial charge on any atom is 0.314 e. The molecule has 156 valence electrons. The van der Waals surface area contributed by atoms with Gasteiger partial charge in [-0.15, -0.1) is 0 Å². The fraction of sp³-hybridized carbons (Fsp3) is 0.950. The normalized spacial score (nSPS) is 13.4. The van der Waals surface area contributed by atoms with Crippen LogP contribution < -0.4 is 21.3 Å². The Morgan fingerprint density at radius 1 is 0.808 bits per heavy atom. The molecule has 2 atom stereocenters. The number of aliphatic hydroxyl groups is 1. The van der Waals surface area contributed by atoms with Crippen molar-refractivity contribution in [2.75, 3.05) is 26.2 Å². The Hall–Kier alpha value is -0.850. The first-order valence-corrected chi connectivity index (χ1v) is 10.8. The second kappa shape index (κ2) is 18.9. The van der Waals surface area contributed by atoms with E-state index in [1.165, 1.54) is 38.5 Å². The highest BCUT2D eigenvalue weighted by molar-refractivity contribution is 5.73. The van der Waals surface area contributed by atoms with Gasteiger partial charge in [-0.05, 0) is 38.1 Å². The van der Waals surface area contributed by atoms with Gasteiger partial charge in [-0.3, -0.25) is 10.6 Å². The topological polar surface area (TPSA) is 85.4 Å². The molecule has 0 radical (unpaired) electrons. The molecular formula is C20H44N4O2. The minimum absolute atomic E-state index is 0.0602. The Labute approximate surface area is 161 Å². The molecule has 0 saturated carbocycles. The number of urea groups is 1. The predicted molar refractivity (Wildman–Crippen MR) is 110 cm³/mol. The van der Waals surface area contributed by atoms with Gasteiger partial charge in [-0.25, -0.2) is 4.79 Å². The lowest BCUT2D eigenvalue weighted by Gasteiger charge is -2.18. The summed E-state index contributed by atoms with van der Waals surface area (Å²) in [6.45, 7) is 9.62. The number of rotatable bonds is 18. The third-order valence-electron chi connectivity index (χ3n) is 4.50. The van der Waals surface area contributed by atoms with Gasteiger partial charge in [0.15, 0.2) is 6.35 Å². The summed E-state index contributed by atoms with van der Waals surface area (Å²) in [7, 11) is 0. The van der Waals surface area contributed by atoms with Crippen molar-refractivity contribution in [3.8, 4) is 0 Å². The zero-order chi connectivity index (χ0) is 19.5. The highest BCUT2D eigenvalue weighted by atomic mass is 16.3. The molecule has 2 amide bonds. The number of nitrogens with one attached hydrogen (secondary N) is 4. The van der Waals surface area contributed by atoms with Crippen LogP contribution in [0.1, 0.15) is 85.0 Å². The molecule has 0 aromatic rings. The van der Waals surface area contributed by atoms with Gasteiger partial charge in [0.1, 0.15) is 0 Å². The van der Waals surface area contributed by atoms with Gasteiger partial charge < -0.3 is 15.7 Å². The van der Waals surface area contributed by atoms with Crippen molar-refractivity contribution in [3.63, 3.8) is 0 Å². The highest BCUT2D eigenvalue weighted by Gasteiger charge is 2.06. The van der Waals surface area contributed by atoms with Gasteiger partial charge in [-0.2, -0.15) is 0 Å². The molecule has 0 aliphatic heterocycles.